The van der Waals surface area contributed by atoms with E-state index in [1.54, 1.807) is 49.2 Å². The molecule has 0 amide bonds. The standard InChI is InChI=1S/C22H27N5O2.2C2HF3O2/c1-15(26(2)18-7-5-6-17(14-18)20(23)24)22(28)29-19-10-8-16(9-11-19)21(25)27-12-3-4-13-27;2*3-2(4,5)1(6)7/h5-11,14-15,25H,3-4,12-13H2,1-2H3,(H3,23,24);2*(H,6,7)/t15-;;/m0../s1. The number of hydrogen-bond acceptors (Lipinski definition) is 7. The SMILES string of the molecule is C[C@@H](C(=O)Oc1ccc(C(=N)N2CCCC2)cc1)N(C)c1cccc(C(=N)N)c1.O=C(O)C(F)(F)F.O=C(O)C(F)(F)F. The molecule has 11 nitrogen and oxygen atoms in total. The van der Waals surface area contributed by atoms with Gasteiger partial charge in [-0.05, 0) is 56.2 Å². The van der Waals surface area contributed by atoms with E-state index < -0.39 is 30.3 Å². The van der Waals surface area contributed by atoms with Crippen LogP contribution in [0.5, 0.6) is 5.75 Å². The monoisotopic (exact) mass is 621 g/mol. The lowest BCUT2D eigenvalue weighted by Gasteiger charge is -2.25. The molecule has 0 radical (unpaired) electrons. The third-order valence-corrected chi connectivity index (χ3v) is 5.74. The number of carboxylic acid groups (broad SMARTS) is 2. The number of nitrogens with one attached hydrogen (secondary N) is 2. The molecule has 0 spiro atoms. The summed E-state index contributed by atoms with van der Waals surface area (Å²) in [4.78, 5) is 34.2. The highest BCUT2D eigenvalue weighted by atomic mass is 19.4. The van der Waals surface area contributed by atoms with E-state index in [1.165, 1.54) is 0 Å². The first-order valence-corrected chi connectivity index (χ1v) is 12.2. The second-order valence-electron chi connectivity index (χ2n) is 8.84. The number of amidine groups is 2. The summed E-state index contributed by atoms with van der Waals surface area (Å²) in [6, 6.07) is 13.7. The number of benzene rings is 2. The van der Waals surface area contributed by atoms with Gasteiger partial charge in [0.2, 0.25) is 0 Å². The lowest BCUT2D eigenvalue weighted by atomic mass is 10.1. The number of nitrogens with two attached hydrogens (primary N) is 1. The zero-order valence-electron chi connectivity index (χ0n) is 22.8. The maximum absolute atomic E-state index is 12.6. The van der Waals surface area contributed by atoms with Gasteiger partial charge in [-0.25, -0.2) is 14.4 Å². The molecule has 1 atom stereocenters. The summed E-state index contributed by atoms with van der Waals surface area (Å²) in [7, 11) is 1.80. The van der Waals surface area contributed by atoms with Gasteiger partial charge in [0.1, 0.15) is 23.5 Å². The molecule has 0 bridgehead atoms. The molecule has 0 aliphatic carbocycles. The molecule has 1 saturated heterocycles. The number of alkyl halides is 6. The predicted molar refractivity (Wildman–Crippen MR) is 142 cm³/mol. The minimum Gasteiger partial charge on any atom is -0.475 e. The van der Waals surface area contributed by atoms with Crippen molar-refractivity contribution in [3.8, 4) is 5.75 Å². The van der Waals surface area contributed by atoms with Crippen LogP contribution in [0, 0.1) is 10.8 Å². The molecule has 17 heteroatoms. The normalized spacial score (nSPS) is 13.3. The number of hydrogen-bond donors (Lipinski definition) is 5. The Morgan fingerprint density at radius 3 is 1.79 bits per heavy atom. The quantitative estimate of drug-likeness (QED) is 0.104. The predicted octanol–water partition coefficient (Wildman–Crippen LogP) is 4.09. The van der Waals surface area contributed by atoms with Crippen LogP contribution in [0.1, 0.15) is 30.9 Å². The summed E-state index contributed by atoms with van der Waals surface area (Å²) in [6.07, 6.45) is -7.92. The first-order chi connectivity index (χ1) is 19.7. The van der Waals surface area contributed by atoms with Gasteiger partial charge in [0.25, 0.3) is 0 Å². The fourth-order valence-electron chi connectivity index (χ4n) is 3.28. The second-order valence-corrected chi connectivity index (χ2v) is 8.84. The lowest BCUT2D eigenvalue weighted by Crippen LogP contribution is -2.38. The summed E-state index contributed by atoms with van der Waals surface area (Å²) < 4.78 is 69.0. The largest absolute Gasteiger partial charge is 0.490 e. The highest BCUT2D eigenvalue weighted by Crippen LogP contribution is 2.20. The van der Waals surface area contributed by atoms with E-state index in [0.29, 0.717) is 17.1 Å². The second kappa shape index (κ2) is 15.4. The van der Waals surface area contributed by atoms with Gasteiger partial charge in [-0.1, -0.05) is 12.1 Å². The van der Waals surface area contributed by atoms with Crippen LogP contribution in [0.3, 0.4) is 0 Å². The molecule has 43 heavy (non-hydrogen) atoms. The van der Waals surface area contributed by atoms with Crippen molar-refractivity contribution in [3.05, 3.63) is 59.7 Å². The third-order valence-electron chi connectivity index (χ3n) is 5.74. The number of anilines is 1. The average molecular weight is 622 g/mol. The smallest absolute Gasteiger partial charge is 0.475 e. The Hall–Kier alpha value is -4.83. The molecule has 2 aromatic carbocycles. The number of carboxylic acids is 2. The summed E-state index contributed by atoms with van der Waals surface area (Å²) in [5.74, 6) is -4.96. The maximum atomic E-state index is 12.6. The fourth-order valence-corrected chi connectivity index (χ4v) is 3.28. The maximum Gasteiger partial charge on any atom is 0.490 e. The molecule has 0 unspecified atom stereocenters. The van der Waals surface area contributed by atoms with Crippen LogP contribution in [0.15, 0.2) is 48.5 Å². The zero-order chi connectivity index (χ0) is 33.1. The molecule has 6 N–H and O–H groups in total. The number of rotatable bonds is 6. The van der Waals surface area contributed by atoms with Crippen molar-refractivity contribution < 1.29 is 55.7 Å². The van der Waals surface area contributed by atoms with Gasteiger partial charge in [-0.15, -0.1) is 0 Å². The van der Waals surface area contributed by atoms with E-state index in [2.05, 4.69) is 4.90 Å². The van der Waals surface area contributed by atoms with Crippen molar-refractivity contribution in [2.24, 2.45) is 5.73 Å². The topological polar surface area (TPSA) is 181 Å². The van der Waals surface area contributed by atoms with E-state index >= 15 is 0 Å². The number of esters is 1. The molecular weight excluding hydrogens is 592 g/mol. The van der Waals surface area contributed by atoms with E-state index in [4.69, 9.17) is 41.1 Å². The Morgan fingerprint density at radius 2 is 1.37 bits per heavy atom. The van der Waals surface area contributed by atoms with Crippen LogP contribution < -0.4 is 15.4 Å². The van der Waals surface area contributed by atoms with Gasteiger partial charge < -0.3 is 30.5 Å². The third kappa shape index (κ3) is 11.9. The summed E-state index contributed by atoms with van der Waals surface area (Å²) in [6.45, 7) is 3.61. The Morgan fingerprint density at radius 1 is 0.907 bits per heavy atom. The minimum atomic E-state index is -5.08. The van der Waals surface area contributed by atoms with Crippen LogP contribution in [0.4, 0.5) is 32.0 Å². The van der Waals surface area contributed by atoms with Crippen molar-refractivity contribution in [2.75, 3.05) is 25.0 Å². The number of carbonyl (C=O) groups excluding carboxylic acids is 1. The van der Waals surface area contributed by atoms with Crippen molar-refractivity contribution in [2.45, 2.75) is 38.2 Å². The Balaban J connectivity index is 0.000000548. The molecule has 1 aliphatic heterocycles. The number of likely N-dealkylation sites (tertiary alicyclic amines) is 1. The number of ether oxygens (including phenoxy) is 1. The zero-order valence-corrected chi connectivity index (χ0v) is 22.8. The number of likely N-dealkylation sites (N-methyl/N-ethyl adjacent to an activating group) is 1. The van der Waals surface area contributed by atoms with Gasteiger partial charge >= 0.3 is 30.3 Å². The summed E-state index contributed by atoms with van der Waals surface area (Å²) in [5.41, 5.74) is 7.74. The number of aliphatic carboxylic acids is 2. The van der Waals surface area contributed by atoms with Crippen LogP contribution in [-0.4, -0.2) is 83.2 Å². The molecule has 0 aromatic heterocycles. The van der Waals surface area contributed by atoms with E-state index in [-0.39, 0.29) is 11.8 Å². The van der Waals surface area contributed by atoms with Crippen molar-refractivity contribution in [1.82, 2.24) is 4.90 Å². The highest BCUT2D eigenvalue weighted by molar-refractivity contribution is 5.97. The number of nitrogens with zero attached hydrogens (tertiary/aromatic N) is 2. The minimum absolute atomic E-state index is 0.0185. The van der Waals surface area contributed by atoms with Gasteiger partial charge in [0, 0.05) is 37.0 Å². The van der Waals surface area contributed by atoms with Crippen molar-refractivity contribution in [3.63, 3.8) is 0 Å². The van der Waals surface area contributed by atoms with Crippen molar-refractivity contribution >= 4 is 35.3 Å². The van der Waals surface area contributed by atoms with Crippen molar-refractivity contribution in [1.29, 1.82) is 10.8 Å². The van der Waals surface area contributed by atoms with Crippen LogP contribution in [0.25, 0.3) is 0 Å². The number of carbonyl (C=O) groups is 3. The van der Waals surface area contributed by atoms with E-state index in [0.717, 1.165) is 37.2 Å². The first-order valence-electron chi connectivity index (χ1n) is 12.2. The number of halogens is 6. The van der Waals surface area contributed by atoms with Gasteiger partial charge in [0.15, 0.2) is 0 Å². The van der Waals surface area contributed by atoms with Gasteiger partial charge in [-0.2, -0.15) is 26.3 Å². The van der Waals surface area contributed by atoms with E-state index in [1.807, 2.05) is 18.2 Å². The van der Waals surface area contributed by atoms with Gasteiger partial charge in [0.05, 0.1) is 0 Å². The fraction of sp³-hybridized carbons (Fsp3) is 0.346. The van der Waals surface area contributed by atoms with E-state index in [9.17, 15) is 31.1 Å². The lowest BCUT2D eigenvalue weighted by molar-refractivity contribution is -0.193. The highest BCUT2D eigenvalue weighted by Gasteiger charge is 2.38. The Bertz CT molecular complexity index is 1270. The van der Waals surface area contributed by atoms with Crippen LogP contribution >= 0.6 is 0 Å². The van der Waals surface area contributed by atoms with Crippen LogP contribution in [-0.2, 0) is 14.4 Å². The molecule has 1 heterocycles. The molecule has 2 aromatic rings. The molecule has 1 fully saturated rings. The molecule has 3 rings (SSSR count). The summed E-state index contributed by atoms with van der Waals surface area (Å²) in [5, 5.41) is 30.1. The first kappa shape index (κ1) is 36.2. The molecule has 0 saturated carbocycles. The molecule has 1 aliphatic rings. The molecule has 236 valence electrons. The van der Waals surface area contributed by atoms with Gasteiger partial charge in [-0.3, -0.25) is 10.8 Å². The summed E-state index contributed by atoms with van der Waals surface area (Å²) >= 11 is 0. The average Bonchev–Trinajstić information content (AvgIpc) is 3.47. The van der Waals surface area contributed by atoms with Crippen LogP contribution in [0.2, 0.25) is 0 Å². The molecular formula is C26H29F6N5O6. The Kier molecular flexibility index (Phi) is 13.0. The number of nitrogen functional groups attached to an aromatic ring is 1. The Labute approximate surface area is 241 Å².